The minimum atomic E-state index is 1.11. The van der Waals surface area contributed by atoms with E-state index >= 15 is 0 Å². The van der Waals surface area contributed by atoms with Gasteiger partial charge in [0.1, 0.15) is 0 Å². The van der Waals surface area contributed by atoms with Crippen LogP contribution in [0.15, 0.2) is 0 Å². The van der Waals surface area contributed by atoms with Gasteiger partial charge in [-0.2, -0.15) is 11.8 Å². The van der Waals surface area contributed by atoms with Gasteiger partial charge in [0.15, 0.2) is 0 Å². The second-order valence-corrected chi connectivity index (χ2v) is 5.19. The first kappa shape index (κ1) is 15.2. The molecule has 92 valence electrons. The van der Waals surface area contributed by atoms with Crippen LogP contribution in [-0.2, 0) is 0 Å². The summed E-state index contributed by atoms with van der Waals surface area (Å²) in [7, 11) is 6.43. The van der Waals surface area contributed by atoms with Crippen LogP contribution in [0.3, 0.4) is 0 Å². The fourth-order valence-corrected chi connectivity index (χ4v) is 1.77. The van der Waals surface area contributed by atoms with Crippen LogP contribution >= 0.6 is 11.8 Å². The van der Waals surface area contributed by atoms with Gasteiger partial charge in [0.05, 0.1) is 0 Å². The highest BCUT2D eigenvalue weighted by Gasteiger charge is 1.96. The number of nitrogens with one attached hydrogen (secondary N) is 1. The molecular weight excluding hydrogens is 206 g/mol. The van der Waals surface area contributed by atoms with Gasteiger partial charge in [0.25, 0.3) is 0 Å². The Bertz CT molecular complexity index is 131. The van der Waals surface area contributed by atoms with E-state index in [1.807, 2.05) is 11.8 Å². The highest BCUT2D eigenvalue weighted by Crippen LogP contribution is 1.92. The molecule has 0 unspecified atom stereocenters. The third-order valence-corrected chi connectivity index (χ3v) is 2.90. The molecule has 0 heterocycles. The van der Waals surface area contributed by atoms with Gasteiger partial charge in [-0.15, -0.1) is 0 Å². The maximum atomic E-state index is 3.47. The number of hydrogen-bond acceptors (Lipinski definition) is 4. The van der Waals surface area contributed by atoms with Crippen LogP contribution in [-0.4, -0.2) is 75.7 Å². The summed E-state index contributed by atoms with van der Waals surface area (Å²) in [5, 5.41) is 3.47. The Morgan fingerprint density at radius 3 is 2.33 bits per heavy atom. The first-order valence-corrected chi connectivity index (χ1v) is 7.09. The lowest BCUT2D eigenvalue weighted by atomic mass is 10.4. The van der Waals surface area contributed by atoms with Gasteiger partial charge in [-0.3, -0.25) is 0 Å². The Labute approximate surface area is 99.6 Å². The second-order valence-electron chi connectivity index (χ2n) is 4.20. The zero-order chi connectivity index (χ0) is 11.5. The molecule has 3 nitrogen and oxygen atoms in total. The Kier molecular flexibility index (Phi) is 10.9. The highest BCUT2D eigenvalue weighted by atomic mass is 32.2. The quantitative estimate of drug-likeness (QED) is 0.563. The van der Waals surface area contributed by atoms with E-state index in [1.165, 1.54) is 25.3 Å². The van der Waals surface area contributed by atoms with Crippen LogP contribution in [0.4, 0.5) is 0 Å². The number of nitrogens with zero attached hydrogens (tertiary/aromatic N) is 2. The van der Waals surface area contributed by atoms with Crippen molar-refractivity contribution in [2.75, 3.05) is 65.9 Å². The molecule has 0 saturated carbocycles. The summed E-state index contributed by atoms with van der Waals surface area (Å²) >= 11 is 1.91. The first-order valence-electron chi connectivity index (χ1n) is 5.69. The summed E-state index contributed by atoms with van der Waals surface area (Å²) in [5.74, 6) is 1.23. The molecule has 4 heteroatoms. The van der Waals surface area contributed by atoms with Gasteiger partial charge in [0.2, 0.25) is 0 Å². The molecule has 0 amide bonds. The van der Waals surface area contributed by atoms with Crippen LogP contribution in [0, 0.1) is 0 Å². The SMILES string of the molecule is CSCCN(C)CCNCCCN(C)C. The van der Waals surface area contributed by atoms with Crippen molar-refractivity contribution in [1.29, 1.82) is 0 Å². The molecule has 0 atom stereocenters. The van der Waals surface area contributed by atoms with Crippen molar-refractivity contribution in [1.82, 2.24) is 15.1 Å². The summed E-state index contributed by atoms with van der Waals surface area (Å²) < 4.78 is 0. The predicted molar refractivity (Wildman–Crippen MR) is 71.9 cm³/mol. The monoisotopic (exact) mass is 233 g/mol. The third-order valence-electron chi connectivity index (χ3n) is 2.31. The molecule has 0 aliphatic heterocycles. The minimum Gasteiger partial charge on any atom is -0.315 e. The second kappa shape index (κ2) is 10.7. The predicted octanol–water partition coefficient (Wildman–Crippen LogP) is 0.823. The minimum absolute atomic E-state index is 1.11. The molecule has 1 N–H and O–H groups in total. The average Bonchev–Trinajstić information content (AvgIpc) is 2.19. The highest BCUT2D eigenvalue weighted by molar-refractivity contribution is 7.98. The molecule has 0 spiro atoms. The maximum Gasteiger partial charge on any atom is 0.0104 e. The van der Waals surface area contributed by atoms with Crippen molar-refractivity contribution in [3.05, 3.63) is 0 Å². The van der Waals surface area contributed by atoms with Crippen molar-refractivity contribution in [2.45, 2.75) is 6.42 Å². The van der Waals surface area contributed by atoms with Crippen LogP contribution < -0.4 is 5.32 Å². The Morgan fingerprint density at radius 2 is 1.73 bits per heavy atom. The van der Waals surface area contributed by atoms with E-state index in [9.17, 15) is 0 Å². The largest absolute Gasteiger partial charge is 0.315 e. The molecule has 0 radical (unpaired) electrons. The van der Waals surface area contributed by atoms with E-state index in [4.69, 9.17) is 0 Å². The van der Waals surface area contributed by atoms with Crippen molar-refractivity contribution >= 4 is 11.8 Å². The molecule has 0 aromatic rings. The van der Waals surface area contributed by atoms with E-state index in [2.05, 4.69) is 42.5 Å². The summed E-state index contributed by atoms with van der Waals surface area (Å²) in [6, 6.07) is 0. The molecule has 0 rings (SSSR count). The molecule has 0 aliphatic carbocycles. The van der Waals surface area contributed by atoms with Gasteiger partial charge < -0.3 is 15.1 Å². The van der Waals surface area contributed by atoms with Crippen LogP contribution in [0.2, 0.25) is 0 Å². The summed E-state index contributed by atoms with van der Waals surface area (Å²) in [5.41, 5.74) is 0. The summed E-state index contributed by atoms with van der Waals surface area (Å²) in [4.78, 5) is 4.61. The van der Waals surface area contributed by atoms with Gasteiger partial charge in [-0.1, -0.05) is 0 Å². The van der Waals surface area contributed by atoms with Crippen molar-refractivity contribution < 1.29 is 0 Å². The lowest BCUT2D eigenvalue weighted by Gasteiger charge is -2.16. The molecule has 0 fully saturated rings. The normalized spacial score (nSPS) is 11.6. The van der Waals surface area contributed by atoms with E-state index in [0.717, 1.165) is 19.6 Å². The van der Waals surface area contributed by atoms with Crippen molar-refractivity contribution in [2.24, 2.45) is 0 Å². The molecular formula is C11H27N3S. The Balaban J connectivity index is 3.09. The van der Waals surface area contributed by atoms with E-state index in [1.54, 1.807) is 0 Å². The van der Waals surface area contributed by atoms with Crippen molar-refractivity contribution in [3.63, 3.8) is 0 Å². The number of hydrogen-bond donors (Lipinski definition) is 1. The van der Waals surface area contributed by atoms with Gasteiger partial charge in [0, 0.05) is 25.4 Å². The standard InChI is InChI=1S/C11H27N3S/c1-13(2)8-5-6-12-7-9-14(3)10-11-15-4/h12H,5-11H2,1-4H3. The van der Waals surface area contributed by atoms with Gasteiger partial charge >= 0.3 is 0 Å². The smallest absolute Gasteiger partial charge is 0.0104 e. The molecule has 0 aromatic heterocycles. The summed E-state index contributed by atoms with van der Waals surface area (Å²) in [6.45, 7) is 5.77. The molecule has 15 heavy (non-hydrogen) atoms. The third kappa shape index (κ3) is 12.2. The number of rotatable bonds is 10. The van der Waals surface area contributed by atoms with E-state index < -0.39 is 0 Å². The molecule has 0 aromatic carbocycles. The lowest BCUT2D eigenvalue weighted by molar-refractivity contribution is 0.346. The number of thioether (sulfide) groups is 1. The van der Waals surface area contributed by atoms with Crippen LogP contribution in [0.1, 0.15) is 6.42 Å². The Morgan fingerprint density at radius 1 is 1.00 bits per heavy atom. The van der Waals surface area contributed by atoms with Gasteiger partial charge in [-0.25, -0.2) is 0 Å². The first-order chi connectivity index (χ1) is 7.16. The molecule has 0 aliphatic rings. The number of likely N-dealkylation sites (N-methyl/N-ethyl adjacent to an activating group) is 1. The van der Waals surface area contributed by atoms with Gasteiger partial charge in [-0.05, 0) is 46.9 Å². The summed E-state index contributed by atoms with van der Waals surface area (Å²) in [6.07, 6.45) is 3.40. The lowest BCUT2D eigenvalue weighted by Crippen LogP contribution is -2.31. The average molecular weight is 233 g/mol. The van der Waals surface area contributed by atoms with Crippen LogP contribution in [0.5, 0.6) is 0 Å². The fourth-order valence-electron chi connectivity index (χ4n) is 1.27. The van der Waals surface area contributed by atoms with E-state index in [-0.39, 0.29) is 0 Å². The Hall–Kier alpha value is 0.230. The van der Waals surface area contributed by atoms with Crippen molar-refractivity contribution in [3.8, 4) is 0 Å². The molecule has 0 saturated heterocycles. The topological polar surface area (TPSA) is 18.5 Å². The molecule has 0 bridgehead atoms. The maximum absolute atomic E-state index is 3.47. The fraction of sp³-hybridized carbons (Fsp3) is 1.00. The van der Waals surface area contributed by atoms with Crippen LogP contribution in [0.25, 0.3) is 0 Å². The zero-order valence-electron chi connectivity index (χ0n) is 10.8. The zero-order valence-corrected chi connectivity index (χ0v) is 11.6. The van der Waals surface area contributed by atoms with E-state index in [0.29, 0.717) is 0 Å².